The summed E-state index contributed by atoms with van der Waals surface area (Å²) >= 11 is 0. The molecule has 0 spiro atoms. The molecule has 0 bridgehead atoms. The first kappa shape index (κ1) is 28.0. The van der Waals surface area contributed by atoms with Gasteiger partial charge < -0.3 is 19.1 Å². The van der Waals surface area contributed by atoms with E-state index in [9.17, 15) is 19.2 Å². The van der Waals surface area contributed by atoms with E-state index in [-0.39, 0.29) is 42.8 Å². The topological polar surface area (TPSA) is 135 Å². The molecule has 0 unspecified atom stereocenters. The number of nitrogens with one attached hydrogen (secondary N) is 2. The standard InChI is InChI=1S/C25H35N3O7/c1-5-33-22(30)15-34-20-10-12-28(13-11-20)24(31)17(4)14-21(29)18-6-8-19(9-7-18)23(26)27-25(32)35-16(2)3/h6-9,16-17,20H,5,10-15H2,1-4H3,(H2,26,27,32)/t17-/m1/s1. The lowest BCUT2D eigenvalue weighted by molar-refractivity contribution is -0.152. The summed E-state index contributed by atoms with van der Waals surface area (Å²) in [5.41, 5.74) is 0.858. The van der Waals surface area contributed by atoms with E-state index >= 15 is 0 Å². The zero-order chi connectivity index (χ0) is 26.0. The van der Waals surface area contributed by atoms with Gasteiger partial charge in [0.2, 0.25) is 5.91 Å². The Morgan fingerprint density at radius 2 is 1.66 bits per heavy atom. The zero-order valence-corrected chi connectivity index (χ0v) is 20.8. The molecule has 192 valence electrons. The van der Waals surface area contributed by atoms with Crippen LogP contribution in [0.15, 0.2) is 24.3 Å². The van der Waals surface area contributed by atoms with Crippen LogP contribution in [0.3, 0.4) is 0 Å². The summed E-state index contributed by atoms with van der Waals surface area (Å²) in [5, 5.41) is 10.3. The number of hydrogen-bond acceptors (Lipinski definition) is 8. The molecule has 1 fully saturated rings. The third-order valence-corrected chi connectivity index (χ3v) is 5.47. The Hall–Kier alpha value is -3.27. The van der Waals surface area contributed by atoms with Gasteiger partial charge in [-0.15, -0.1) is 0 Å². The molecule has 2 N–H and O–H groups in total. The number of amidine groups is 1. The molecule has 10 heteroatoms. The minimum Gasteiger partial charge on any atom is -0.464 e. The van der Waals surface area contributed by atoms with Gasteiger partial charge in [0.25, 0.3) is 0 Å². The number of Topliss-reactive ketones (excluding diaryl/α,β-unsaturated/α-hetero) is 1. The summed E-state index contributed by atoms with van der Waals surface area (Å²) < 4.78 is 15.4. The van der Waals surface area contributed by atoms with E-state index in [1.54, 1.807) is 56.9 Å². The Morgan fingerprint density at radius 1 is 1.06 bits per heavy atom. The van der Waals surface area contributed by atoms with E-state index in [1.165, 1.54) is 0 Å². The van der Waals surface area contributed by atoms with Crippen molar-refractivity contribution in [2.75, 3.05) is 26.3 Å². The summed E-state index contributed by atoms with van der Waals surface area (Å²) in [5.74, 6) is -1.28. The summed E-state index contributed by atoms with van der Waals surface area (Å²) in [6.07, 6.45) is 0.194. The minimum atomic E-state index is -0.716. The van der Waals surface area contributed by atoms with Gasteiger partial charge in [-0.05, 0) is 33.6 Å². The Kier molecular flexibility index (Phi) is 10.8. The van der Waals surface area contributed by atoms with Crippen LogP contribution in [-0.4, -0.2) is 73.0 Å². The van der Waals surface area contributed by atoms with Gasteiger partial charge in [-0.3, -0.25) is 20.3 Å². The Bertz CT molecular complexity index is 906. The number of likely N-dealkylation sites (tertiary alicyclic amines) is 1. The minimum absolute atomic E-state index is 0.0634. The van der Waals surface area contributed by atoms with Crippen LogP contribution < -0.4 is 5.32 Å². The van der Waals surface area contributed by atoms with Crippen molar-refractivity contribution in [2.24, 2.45) is 5.92 Å². The third-order valence-electron chi connectivity index (χ3n) is 5.47. The lowest BCUT2D eigenvalue weighted by Gasteiger charge is -2.33. The lowest BCUT2D eigenvalue weighted by Crippen LogP contribution is -2.43. The summed E-state index contributed by atoms with van der Waals surface area (Å²) in [7, 11) is 0. The summed E-state index contributed by atoms with van der Waals surface area (Å²) in [4.78, 5) is 50.3. The predicted octanol–water partition coefficient (Wildman–Crippen LogP) is 2.93. The molecule has 1 aromatic carbocycles. The molecule has 1 heterocycles. The number of piperidine rings is 1. The molecule has 0 radical (unpaired) electrons. The smallest absolute Gasteiger partial charge is 0.413 e. The molecular weight excluding hydrogens is 454 g/mol. The molecule has 1 aromatic rings. The van der Waals surface area contributed by atoms with Gasteiger partial charge in [-0.1, -0.05) is 31.2 Å². The number of esters is 1. The van der Waals surface area contributed by atoms with Gasteiger partial charge in [0.15, 0.2) is 5.78 Å². The number of ether oxygens (including phenoxy) is 3. The molecule has 0 saturated carbocycles. The van der Waals surface area contributed by atoms with Crippen LogP contribution in [-0.2, 0) is 23.8 Å². The van der Waals surface area contributed by atoms with E-state index < -0.39 is 18.0 Å². The van der Waals surface area contributed by atoms with Crippen LogP contribution >= 0.6 is 0 Å². The van der Waals surface area contributed by atoms with E-state index in [1.807, 2.05) is 0 Å². The van der Waals surface area contributed by atoms with E-state index in [0.29, 0.717) is 43.7 Å². The molecular formula is C25H35N3O7. The largest absolute Gasteiger partial charge is 0.464 e. The van der Waals surface area contributed by atoms with Gasteiger partial charge in [0.05, 0.1) is 18.8 Å². The molecule has 0 aromatic heterocycles. The highest BCUT2D eigenvalue weighted by Gasteiger charge is 2.28. The fourth-order valence-electron chi connectivity index (χ4n) is 3.67. The maximum Gasteiger partial charge on any atom is 0.413 e. The van der Waals surface area contributed by atoms with Crippen LogP contribution in [0.25, 0.3) is 0 Å². The second-order valence-electron chi connectivity index (χ2n) is 8.70. The van der Waals surface area contributed by atoms with E-state index in [4.69, 9.17) is 19.6 Å². The zero-order valence-electron chi connectivity index (χ0n) is 20.8. The normalized spacial score (nSPS) is 14.8. The number of alkyl carbamates (subject to hydrolysis) is 1. The van der Waals surface area contributed by atoms with Crippen molar-refractivity contribution in [1.82, 2.24) is 10.2 Å². The Morgan fingerprint density at radius 3 is 2.23 bits per heavy atom. The second-order valence-corrected chi connectivity index (χ2v) is 8.70. The number of carbonyl (C=O) groups excluding carboxylic acids is 4. The number of amides is 2. The predicted molar refractivity (Wildman–Crippen MR) is 128 cm³/mol. The maximum atomic E-state index is 12.8. The van der Waals surface area contributed by atoms with Gasteiger partial charge in [-0.2, -0.15) is 0 Å². The van der Waals surface area contributed by atoms with Gasteiger partial charge in [0, 0.05) is 36.6 Å². The fourth-order valence-corrected chi connectivity index (χ4v) is 3.67. The van der Waals surface area contributed by atoms with Crippen LogP contribution in [0.2, 0.25) is 0 Å². The fraction of sp³-hybridized carbons (Fsp3) is 0.560. The molecule has 10 nitrogen and oxygen atoms in total. The summed E-state index contributed by atoms with van der Waals surface area (Å²) in [6.45, 7) is 8.13. The van der Waals surface area contributed by atoms with Crippen molar-refractivity contribution in [3.05, 3.63) is 35.4 Å². The van der Waals surface area contributed by atoms with Crippen molar-refractivity contribution in [3.8, 4) is 0 Å². The lowest BCUT2D eigenvalue weighted by atomic mass is 9.96. The van der Waals surface area contributed by atoms with Crippen molar-refractivity contribution >= 4 is 29.6 Å². The highest BCUT2D eigenvalue weighted by Crippen LogP contribution is 2.19. The van der Waals surface area contributed by atoms with Crippen LogP contribution in [0.1, 0.15) is 62.9 Å². The third kappa shape index (κ3) is 9.12. The number of hydrogen-bond donors (Lipinski definition) is 2. The molecule has 1 atom stereocenters. The van der Waals surface area contributed by atoms with Crippen LogP contribution in [0.4, 0.5) is 4.79 Å². The number of ketones is 1. The first-order chi connectivity index (χ1) is 16.6. The number of carbonyl (C=O) groups is 4. The SMILES string of the molecule is CCOC(=O)COC1CCN(C(=O)[C@H](C)CC(=O)c2ccc(C(=N)NC(=O)OC(C)C)cc2)CC1. The highest BCUT2D eigenvalue weighted by atomic mass is 16.6. The first-order valence-corrected chi connectivity index (χ1v) is 11.9. The van der Waals surface area contributed by atoms with Gasteiger partial charge >= 0.3 is 12.1 Å². The van der Waals surface area contributed by atoms with Crippen LogP contribution in [0, 0.1) is 11.3 Å². The molecule has 2 rings (SSSR count). The van der Waals surface area contributed by atoms with Crippen LogP contribution in [0.5, 0.6) is 0 Å². The number of benzene rings is 1. The maximum absolute atomic E-state index is 12.8. The number of nitrogens with zero attached hydrogens (tertiary/aromatic N) is 1. The molecule has 2 amide bonds. The van der Waals surface area contributed by atoms with E-state index in [2.05, 4.69) is 5.32 Å². The quantitative estimate of drug-likeness (QED) is 0.223. The first-order valence-electron chi connectivity index (χ1n) is 11.9. The molecule has 1 aliphatic rings. The molecule has 1 aliphatic heterocycles. The molecule has 0 aliphatic carbocycles. The van der Waals surface area contributed by atoms with Gasteiger partial charge in [-0.25, -0.2) is 9.59 Å². The van der Waals surface area contributed by atoms with Crippen molar-refractivity contribution < 1.29 is 33.4 Å². The van der Waals surface area contributed by atoms with Crippen molar-refractivity contribution in [3.63, 3.8) is 0 Å². The number of rotatable bonds is 10. The molecule has 35 heavy (non-hydrogen) atoms. The van der Waals surface area contributed by atoms with E-state index in [0.717, 1.165) is 0 Å². The Balaban J connectivity index is 1.81. The molecule has 1 saturated heterocycles. The van der Waals surface area contributed by atoms with Crippen molar-refractivity contribution in [1.29, 1.82) is 5.41 Å². The van der Waals surface area contributed by atoms with Crippen molar-refractivity contribution in [2.45, 2.75) is 59.2 Å². The summed E-state index contributed by atoms with van der Waals surface area (Å²) in [6, 6.07) is 6.29. The second kappa shape index (κ2) is 13.6. The highest BCUT2D eigenvalue weighted by molar-refractivity contribution is 6.05. The average molecular weight is 490 g/mol. The van der Waals surface area contributed by atoms with Gasteiger partial charge in [0.1, 0.15) is 12.4 Å². The average Bonchev–Trinajstić information content (AvgIpc) is 2.82. The monoisotopic (exact) mass is 489 g/mol. The Labute approximate surface area is 205 Å².